The number of methoxy groups -OCH3 is 1. The van der Waals surface area contributed by atoms with E-state index in [0.717, 1.165) is 29.9 Å². The second-order valence-corrected chi connectivity index (χ2v) is 7.52. The summed E-state index contributed by atoms with van der Waals surface area (Å²) in [6.07, 6.45) is 0.721. The van der Waals surface area contributed by atoms with E-state index in [-0.39, 0.29) is 23.4 Å². The number of piperazine rings is 1. The van der Waals surface area contributed by atoms with E-state index < -0.39 is 11.6 Å². The highest BCUT2D eigenvalue weighted by atomic mass is 19.2. The van der Waals surface area contributed by atoms with Crippen LogP contribution in [0.2, 0.25) is 0 Å². The van der Waals surface area contributed by atoms with Crippen LogP contribution in [-0.4, -0.2) is 67.5 Å². The monoisotopic (exact) mass is 431 g/mol. The molecule has 1 aliphatic heterocycles. The molecule has 1 heterocycles. The molecule has 8 heteroatoms. The van der Waals surface area contributed by atoms with Gasteiger partial charge in [-0.1, -0.05) is 12.1 Å². The maximum absolute atomic E-state index is 13.4. The third-order valence-electron chi connectivity index (χ3n) is 5.57. The van der Waals surface area contributed by atoms with Gasteiger partial charge in [0.15, 0.2) is 11.6 Å². The van der Waals surface area contributed by atoms with E-state index in [0.29, 0.717) is 32.7 Å². The summed E-state index contributed by atoms with van der Waals surface area (Å²) in [5.74, 6) is -1.62. The summed E-state index contributed by atoms with van der Waals surface area (Å²) < 4.78 is 31.6. The summed E-state index contributed by atoms with van der Waals surface area (Å²) in [7, 11) is 1.62. The number of ether oxygens (including phenoxy) is 1. The molecule has 6 nitrogen and oxygen atoms in total. The summed E-state index contributed by atoms with van der Waals surface area (Å²) in [6, 6.07) is 10.6. The highest BCUT2D eigenvalue weighted by Crippen LogP contribution is 2.14. The van der Waals surface area contributed by atoms with Gasteiger partial charge in [0.25, 0.3) is 5.91 Å². The van der Waals surface area contributed by atoms with Gasteiger partial charge in [0, 0.05) is 38.3 Å². The van der Waals surface area contributed by atoms with Crippen molar-refractivity contribution in [2.24, 2.45) is 0 Å². The zero-order valence-electron chi connectivity index (χ0n) is 17.7. The van der Waals surface area contributed by atoms with Crippen molar-refractivity contribution >= 4 is 11.8 Å². The largest absolute Gasteiger partial charge is 0.497 e. The SMILES string of the molecule is COc1ccc(CCNC(=O)C(C)N2CCN(C(=O)c3ccc(F)c(F)c3)CC2)cc1. The minimum atomic E-state index is -1.04. The van der Waals surface area contributed by atoms with Crippen molar-refractivity contribution in [1.29, 1.82) is 0 Å². The first-order valence-electron chi connectivity index (χ1n) is 10.3. The van der Waals surface area contributed by atoms with Crippen molar-refractivity contribution in [3.8, 4) is 5.75 Å². The van der Waals surface area contributed by atoms with Crippen molar-refractivity contribution < 1.29 is 23.1 Å². The lowest BCUT2D eigenvalue weighted by molar-refractivity contribution is -0.126. The van der Waals surface area contributed by atoms with Crippen LogP contribution in [0.5, 0.6) is 5.75 Å². The number of hydrogen-bond donors (Lipinski definition) is 1. The molecule has 1 unspecified atom stereocenters. The molecule has 0 aliphatic carbocycles. The van der Waals surface area contributed by atoms with Crippen LogP contribution in [0.3, 0.4) is 0 Å². The molecule has 1 atom stereocenters. The fraction of sp³-hybridized carbons (Fsp3) is 0.391. The molecule has 31 heavy (non-hydrogen) atoms. The molecule has 2 aromatic carbocycles. The van der Waals surface area contributed by atoms with Crippen molar-refractivity contribution in [2.75, 3.05) is 39.8 Å². The zero-order valence-corrected chi connectivity index (χ0v) is 17.7. The molecule has 2 amide bonds. The molecule has 0 radical (unpaired) electrons. The smallest absolute Gasteiger partial charge is 0.254 e. The van der Waals surface area contributed by atoms with E-state index in [1.807, 2.05) is 36.1 Å². The van der Waals surface area contributed by atoms with Gasteiger partial charge < -0.3 is 15.0 Å². The highest BCUT2D eigenvalue weighted by molar-refractivity contribution is 5.94. The Labute approximate surface area is 180 Å². The van der Waals surface area contributed by atoms with Gasteiger partial charge >= 0.3 is 0 Å². The quantitative estimate of drug-likeness (QED) is 0.732. The van der Waals surface area contributed by atoms with Crippen LogP contribution in [0.15, 0.2) is 42.5 Å². The molecule has 166 valence electrons. The number of nitrogens with one attached hydrogen (secondary N) is 1. The third-order valence-corrected chi connectivity index (χ3v) is 5.57. The van der Waals surface area contributed by atoms with Gasteiger partial charge in [-0.25, -0.2) is 8.78 Å². The Balaban J connectivity index is 1.44. The first kappa shape index (κ1) is 22.7. The second-order valence-electron chi connectivity index (χ2n) is 7.52. The van der Waals surface area contributed by atoms with Crippen LogP contribution in [0, 0.1) is 11.6 Å². The summed E-state index contributed by atoms with van der Waals surface area (Å²) >= 11 is 0. The topological polar surface area (TPSA) is 61.9 Å². The predicted molar refractivity (Wildman–Crippen MR) is 113 cm³/mol. The van der Waals surface area contributed by atoms with Crippen LogP contribution in [0.1, 0.15) is 22.8 Å². The lowest BCUT2D eigenvalue weighted by Gasteiger charge is -2.37. The molecular weight excluding hydrogens is 404 g/mol. The van der Waals surface area contributed by atoms with Crippen LogP contribution >= 0.6 is 0 Å². The zero-order chi connectivity index (χ0) is 22.4. The van der Waals surface area contributed by atoms with Gasteiger partial charge in [-0.05, 0) is 49.2 Å². The molecule has 0 spiro atoms. The summed E-state index contributed by atoms with van der Waals surface area (Å²) in [4.78, 5) is 28.6. The average Bonchev–Trinajstić information content (AvgIpc) is 2.80. The van der Waals surface area contributed by atoms with Crippen molar-refractivity contribution in [2.45, 2.75) is 19.4 Å². The number of halogens is 2. The Morgan fingerprint density at radius 3 is 2.32 bits per heavy atom. The minimum Gasteiger partial charge on any atom is -0.497 e. The number of rotatable bonds is 7. The molecule has 0 saturated carbocycles. The van der Waals surface area contributed by atoms with Crippen molar-refractivity contribution in [1.82, 2.24) is 15.1 Å². The Kier molecular flexibility index (Phi) is 7.57. The van der Waals surface area contributed by atoms with Crippen LogP contribution in [0.25, 0.3) is 0 Å². The Morgan fingerprint density at radius 1 is 1.03 bits per heavy atom. The maximum Gasteiger partial charge on any atom is 0.254 e. The predicted octanol–water partition coefficient (Wildman–Crippen LogP) is 2.48. The maximum atomic E-state index is 13.4. The van der Waals surface area contributed by atoms with E-state index in [1.165, 1.54) is 6.07 Å². The third kappa shape index (κ3) is 5.79. The first-order chi connectivity index (χ1) is 14.9. The van der Waals surface area contributed by atoms with Gasteiger partial charge in [0.05, 0.1) is 13.2 Å². The molecule has 1 aliphatic rings. The Hall–Kier alpha value is -3.00. The van der Waals surface area contributed by atoms with E-state index in [4.69, 9.17) is 4.74 Å². The minimum absolute atomic E-state index is 0.0612. The molecule has 0 aromatic heterocycles. The molecule has 0 bridgehead atoms. The molecule has 2 aromatic rings. The normalized spacial score (nSPS) is 15.4. The van der Waals surface area contributed by atoms with E-state index in [9.17, 15) is 18.4 Å². The standard InChI is InChI=1S/C23H27F2N3O3/c1-16(22(29)26-10-9-17-3-6-19(31-2)7-4-17)27-11-13-28(14-12-27)23(30)18-5-8-20(24)21(25)15-18/h3-8,15-16H,9-14H2,1-2H3,(H,26,29). The Bertz CT molecular complexity index is 913. The van der Waals surface area contributed by atoms with E-state index in [1.54, 1.807) is 12.0 Å². The summed E-state index contributed by atoms with van der Waals surface area (Å²) in [6.45, 7) is 4.27. The van der Waals surface area contributed by atoms with Gasteiger partial charge in [0.2, 0.25) is 5.91 Å². The van der Waals surface area contributed by atoms with Crippen LogP contribution in [-0.2, 0) is 11.2 Å². The van der Waals surface area contributed by atoms with Crippen molar-refractivity contribution in [3.63, 3.8) is 0 Å². The second kappa shape index (κ2) is 10.3. The lowest BCUT2D eigenvalue weighted by Crippen LogP contribution is -2.55. The number of hydrogen-bond acceptors (Lipinski definition) is 4. The van der Waals surface area contributed by atoms with E-state index in [2.05, 4.69) is 5.32 Å². The number of carbonyl (C=O) groups excluding carboxylic acids is 2. The van der Waals surface area contributed by atoms with Gasteiger partial charge in [-0.2, -0.15) is 0 Å². The van der Waals surface area contributed by atoms with Gasteiger partial charge in [-0.15, -0.1) is 0 Å². The Morgan fingerprint density at radius 2 is 1.71 bits per heavy atom. The number of benzene rings is 2. The number of carbonyl (C=O) groups is 2. The lowest BCUT2D eigenvalue weighted by atomic mass is 10.1. The summed E-state index contributed by atoms with van der Waals surface area (Å²) in [5, 5.41) is 2.96. The average molecular weight is 431 g/mol. The van der Waals surface area contributed by atoms with Gasteiger partial charge in [-0.3, -0.25) is 14.5 Å². The first-order valence-corrected chi connectivity index (χ1v) is 10.3. The van der Waals surface area contributed by atoms with Crippen LogP contribution in [0.4, 0.5) is 8.78 Å². The fourth-order valence-corrected chi connectivity index (χ4v) is 3.56. The fourth-order valence-electron chi connectivity index (χ4n) is 3.56. The summed E-state index contributed by atoms with van der Waals surface area (Å²) in [5.41, 5.74) is 1.23. The van der Waals surface area contributed by atoms with Gasteiger partial charge in [0.1, 0.15) is 5.75 Å². The number of amides is 2. The molecule has 1 N–H and O–H groups in total. The van der Waals surface area contributed by atoms with E-state index >= 15 is 0 Å². The molecular formula is C23H27F2N3O3. The number of nitrogens with zero attached hydrogens (tertiary/aromatic N) is 2. The molecule has 1 fully saturated rings. The van der Waals surface area contributed by atoms with Crippen LogP contribution < -0.4 is 10.1 Å². The van der Waals surface area contributed by atoms with Crippen molar-refractivity contribution in [3.05, 3.63) is 65.2 Å². The highest BCUT2D eigenvalue weighted by Gasteiger charge is 2.28. The molecule has 3 rings (SSSR count). The molecule has 1 saturated heterocycles.